The highest BCUT2D eigenvalue weighted by Crippen LogP contribution is 2.19. The van der Waals surface area contributed by atoms with E-state index >= 15 is 0 Å². The summed E-state index contributed by atoms with van der Waals surface area (Å²) in [5, 5.41) is 3.53. The molecule has 1 saturated heterocycles. The Labute approximate surface area is 102 Å². The Morgan fingerprint density at radius 2 is 2.00 bits per heavy atom. The Balaban J connectivity index is 2.40. The number of nitrogens with zero attached hydrogens (tertiary/aromatic N) is 1. The zero-order valence-corrected chi connectivity index (χ0v) is 11.6. The van der Waals surface area contributed by atoms with Gasteiger partial charge in [-0.1, -0.05) is 40.0 Å². The van der Waals surface area contributed by atoms with E-state index in [1.807, 2.05) is 0 Å². The van der Waals surface area contributed by atoms with Gasteiger partial charge in [0.1, 0.15) is 0 Å². The van der Waals surface area contributed by atoms with Crippen molar-refractivity contribution >= 4 is 0 Å². The van der Waals surface area contributed by atoms with Crippen LogP contribution in [0.2, 0.25) is 0 Å². The maximum Gasteiger partial charge on any atom is 0.0246 e. The molecule has 2 atom stereocenters. The number of unbranched alkanes of at least 4 members (excludes halogenated alkanes) is 2. The molecule has 0 aromatic carbocycles. The van der Waals surface area contributed by atoms with Crippen LogP contribution < -0.4 is 5.32 Å². The van der Waals surface area contributed by atoms with Crippen molar-refractivity contribution in [1.82, 2.24) is 10.2 Å². The molecule has 0 saturated carbocycles. The second kappa shape index (κ2) is 7.29. The minimum atomic E-state index is 0.741. The van der Waals surface area contributed by atoms with Crippen molar-refractivity contribution < 1.29 is 0 Å². The first kappa shape index (κ1) is 14.0. The molecule has 1 rings (SSSR count). The maximum atomic E-state index is 3.53. The number of hydrogen-bond acceptors (Lipinski definition) is 2. The van der Waals surface area contributed by atoms with Gasteiger partial charge in [0.25, 0.3) is 0 Å². The van der Waals surface area contributed by atoms with Gasteiger partial charge >= 0.3 is 0 Å². The zero-order valence-electron chi connectivity index (χ0n) is 11.6. The molecule has 0 bridgehead atoms. The summed E-state index contributed by atoms with van der Waals surface area (Å²) in [5.41, 5.74) is 0. The Morgan fingerprint density at radius 3 is 2.62 bits per heavy atom. The second-order valence-electron chi connectivity index (χ2n) is 5.60. The van der Waals surface area contributed by atoms with Crippen LogP contribution in [0.4, 0.5) is 0 Å². The van der Waals surface area contributed by atoms with E-state index in [4.69, 9.17) is 0 Å². The molecular formula is C14H30N2. The van der Waals surface area contributed by atoms with Crippen molar-refractivity contribution in [3.05, 3.63) is 0 Å². The summed E-state index contributed by atoms with van der Waals surface area (Å²) in [7, 11) is 0. The highest BCUT2D eigenvalue weighted by Gasteiger charge is 2.27. The van der Waals surface area contributed by atoms with E-state index in [9.17, 15) is 0 Å². The van der Waals surface area contributed by atoms with Gasteiger partial charge in [-0.2, -0.15) is 0 Å². The highest BCUT2D eigenvalue weighted by molar-refractivity contribution is 4.85. The highest BCUT2D eigenvalue weighted by atomic mass is 15.2. The van der Waals surface area contributed by atoms with Crippen molar-refractivity contribution in [3.63, 3.8) is 0 Å². The van der Waals surface area contributed by atoms with E-state index in [2.05, 4.69) is 37.9 Å². The van der Waals surface area contributed by atoms with E-state index in [0.29, 0.717) is 0 Å². The summed E-state index contributed by atoms with van der Waals surface area (Å²) in [6, 6.07) is 1.51. The largest absolute Gasteiger partial charge is 0.314 e. The van der Waals surface area contributed by atoms with Crippen molar-refractivity contribution in [2.75, 3.05) is 19.6 Å². The molecule has 1 N–H and O–H groups in total. The lowest BCUT2D eigenvalue weighted by molar-refractivity contribution is 0.0792. The first-order valence-corrected chi connectivity index (χ1v) is 7.13. The predicted octanol–water partition coefficient (Wildman–Crippen LogP) is 2.89. The molecule has 0 radical (unpaired) electrons. The molecular weight excluding hydrogens is 196 g/mol. The van der Waals surface area contributed by atoms with Crippen LogP contribution in [0.15, 0.2) is 0 Å². The van der Waals surface area contributed by atoms with Crippen LogP contribution in [0.25, 0.3) is 0 Å². The number of piperazine rings is 1. The number of nitrogens with one attached hydrogen (secondary N) is 1. The Kier molecular flexibility index (Phi) is 6.37. The van der Waals surface area contributed by atoms with Crippen molar-refractivity contribution in [2.45, 2.75) is 65.5 Å². The summed E-state index contributed by atoms with van der Waals surface area (Å²) >= 11 is 0. The molecule has 2 nitrogen and oxygen atoms in total. The third-order valence-corrected chi connectivity index (χ3v) is 3.89. The standard InChI is InChI=1S/C14H30N2/c1-5-6-7-8-13(4)16-10-9-15-11-14(16)12(2)3/h12-15H,5-11H2,1-4H3. The topological polar surface area (TPSA) is 15.3 Å². The average Bonchev–Trinajstić information content (AvgIpc) is 2.29. The molecule has 2 unspecified atom stereocenters. The minimum Gasteiger partial charge on any atom is -0.314 e. The molecule has 0 aliphatic carbocycles. The van der Waals surface area contributed by atoms with Crippen LogP contribution in [0.5, 0.6) is 0 Å². The lowest BCUT2D eigenvalue weighted by Crippen LogP contribution is -2.56. The first-order valence-electron chi connectivity index (χ1n) is 7.13. The molecule has 2 heteroatoms. The van der Waals surface area contributed by atoms with Crippen LogP contribution >= 0.6 is 0 Å². The van der Waals surface area contributed by atoms with Crippen molar-refractivity contribution in [2.24, 2.45) is 5.92 Å². The van der Waals surface area contributed by atoms with Gasteiger partial charge in [-0.25, -0.2) is 0 Å². The maximum absolute atomic E-state index is 3.53. The van der Waals surface area contributed by atoms with Crippen LogP contribution in [-0.2, 0) is 0 Å². The fourth-order valence-corrected chi connectivity index (χ4v) is 2.76. The fourth-order valence-electron chi connectivity index (χ4n) is 2.76. The van der Waals surface area contributed by atoms with Gasteiger partial charge in [-0.3, -0.25) is 4.90 Å². The van der Waals surface area contributed by atoms with E-state index in [1.165, 1.54) is 45.3 Å². The minimum absolute atomic E-state index is 0.741. The van der Waals surface area contributed by atoms with Gasteiger partial charge in [0, 0.05) is 31.7 Å². The van der Waals surface area contributed by atoms with Gasteiger partial charge in [0.2, 0.25) is 0 Å². The molecule has 1 aliphatic heterocycles. The lowest BCUT2D eigenvalue weighted by atomic mass is 9.97. The Morgan fingerprint density at radius 1 is 1.25 bits per heavy atom. The van der Waals surface area contributed by atoms with Crippen LogP contribution in [-0.4, -0.2) is 36.6 Å². The van der Waals surface area contributed by atoms with Crippen molar-refractivity contribution in [1.29, 1.82) is 0 Å². The number of rotatable bonds is 6. The molecule has 1 aliphatic rings. The monoisotopic (exact) mass is 226 g/mol. The molecule has 0 amide bonds. The van der Waals surface area contributed by atoms with Crippen molar-refractivity contribution in [3.8, 4) is 0 Å². The lowest BCUT2D eigenvalue weighted by Gasteiger charge is -2.42. The first-order chi connectivity index (χ1) is 7.66. The summed E-state index contributed by atoms with van der Waals surface area (Å²) in [6.07, 6.45) is 5.49. The molecule has 0 spiro atoms. The average molecular weight is 226 g/mol. The predicted molar refractivity (Wildman–Crippen MR) is 71.8 cm³/mol. The molecule has 0 aromatic rings. The molecule has 0 aromatic heterocycles. The normalized spacial score (nSPS) is 24.9. The molecule has 1 fully saturated rings. The van der Waals surface area contributed by atoms with E-state index < -0.39 is 0 Å². The third kappa shape index (κ3) is 4.06. The summed E-state index contributed by atoms with van der Waals surface area (Å²) in [6.45, 7) is 13.0. The zero-order chi connectivity index (χ0) is 12.0. The van der Waals surface area contributed by atoms with E-state index in [-0.39, 0.29) is 0 Å². The Hall–Kier alpha value is -0.0800. The summed E-state index contributed by atoms with van der Waals surface area (Å²) in [4.78, 5) is 2.73. The fraction of sp³-hybridized carbons (Fsp3) is 1.00. The summed E-state index contributed by atoms with van der Waals surface area (Å²) < 4.78 is 0. The van der Waals surface area contributed by atoms with E-state index in [0.717, 1.165) is 18.0 Å². The quantitative estimate of drug-likeness (QED) is 0.701. The Bertz CT molecular complexity index is 180. The van der Waals surface area contributed by atoms with Gasteiger partial charge in [0.05, 0.1) is 0 Å². The van der Waals surface area contributed by atoms with Crippen LogP contribution in [0, 0.1) is 5.92 Å². The third-order valence-electron chi connectivity index (χ3n) is 3.89. The van der Waals surface area contributed by atoms with Gasteiger partial charge in [-0.15, -0.1) is 0 Å². The van der Waals surface area contributed by atoms with Gasteiger partial charge in [-0.05, 0) is 19.3 Å². The van der Waals surface area contributed by atoms with Gasteiger partial charge in [0.15, 0.2) is 0 Å². The smallest absolute Gasteiger partial charge is 0.0246 e. The van der Waals surface area contributed by atoms with Crippen LogP contribution in [0.3, 0.4) is 0 Å². The van der Waals surface area contributed by atoms with Gasteiger partial charge < -0.3 is 5.32 Å². The van der Waals surface area contributed by atoms with E-state index in [1.54, 1.807) is 0 Å². The molecule has 96 valence electrons. The number of hydrogen-bond donors (Lipinski definition) is 1. The summed E-state index contributed by atoms with van der Waals surface area (Å²) in [5.74, 6) is 0.765. The molecule has 1 heterocycles. The SMILES string of the molecule is CCCCCC(C)N1CCNCC1C(C)C. The van der Waals surface area contributed by atoms with Crippen LogP contribution in [0.1, 0.15) is 53.4 Å². The molecule has 16 heavy (non-hydrogen) atoms. The second-order valence-corrected chi connectivity index (χ2v) is 5.60.